The molecule has 2 atom stereocenters. The molecule has 0 bridgehead atoms. The van der Waals surface area contributed by atoms with Gasteiger partial charge in [-0.05, 0) is 35.7 Å². The molecule has 140 valence electrons. The minimum atomic E-state index is -0.770. The van der Waals surface area contributed by atoms with Gasteiger partial charge in [0.1, 0.15) is 11.2 Å². The summed E-state index contributed by atoms with van der Waals surface area (Å²) in [6, 6.07) is 15.2. The maximum absolute atomic E-state index is 13.3. The molecule has 2 amide bonds. The maximum Gasteiger partial charge on any atom is 0.237 e. The lowest BCUT2D eigenvalue weighted by Gasteiger charge is -2.35. The van der Waals surface area contributed by atoms with Crippen LogP contribution in [0.15, 0.2) is 48.5 Å². The minimum Gasteiger partial charge on any atom is -0.497 e. The standard InChI is InChI=1S/C22H24N2O3/c1-14(2)20(25)24-12-11-22(17-9-4-5-10-18(17)23-21(22)26)19(24)15-7-6-8-16(13-15)27-3/h4-10,13-14,19H,11-12H2,1-3H3,(H,23,26)/t19-,22+/m0/s1. The molecule has 0 radical (unpaired) electrons. The zero-order valence-electron chi connectivity index (χ0n) is 15.9. The summed E-state index contributed by atoms with van der Waals surface area (Å²) >= 11 is 0. The van der Waals surface area contributed by atoms with Gasteiger partial charge in [-0.25, -0.2) is 0 Å². The number of amides is 2. The van der Waals surface area contributed by atoms with Gasteiger partial charge in [0.05, 0.1) is 13.2 Å². The Labute approximate surface area is 159 Å². The number of ether oxygens (including phenoxy) is 1. The van der Waals surface area contributed by atoms with E-state index < -0.39 is 5.41 Å². The van der Waals surface area contributed by atoms with Crippen LogP contribution in [0.4, 0.5) is 5.69 Å². The first-order valence-electron chi connectivity index (χ1n) is 9.34. The second-order valence-electron chi connectivity index (χ2n) is 7.59. The lowest BCUT2D eigenvalue weighted by Crippen LogP contribution is -2.43. The third-order valence-electron chi connectivity index (χ3n) is 5.77. The van der Waals surface area contributed by atoms with E-state index in [1.165, 1.54) is 0 Å². The Morgan fingerprint density at radius 3 is 2.74 bits per heavy atom. The second kappa shape index (κ2) is 6.41. The molecular formula is C22H24N2O3. The number of hydrogen-bond acceptors (Lipinski definition) is 3. The molecule has 0 unspecified atom stereocenters. The van der Waals surface area contributed by atoms with Gasteiger partial charge in [0.15, 0.2) is 0 Å². The van der Waals surface area contributed by atoms with Gasteiger partial charge in [-0.1, -0.05) is 44.2 Å². The first-order chi connectivity index (χ1) is 13.0. The highest BCUT2D eigenvalue weighted by atomic mass is 16.5. The van der Waals surface area contributed by atoms with Crippen molar-refractivity contribution in [2.45, 2.75) is 31.7 Å². The molecule has 2 aliphatic heterocycles. The number of methoxy groups -OCH3 is 1. The normalized spacial score (nSPS) is 23.6. The molecule has 4 rings (SSSR count). The Morgan fingerprint density at radius 2 is 2.00 bits per heavy atom. The minimum absolute atomic E-state index is 0.0319. The molecule has 27 heavy (non-hydrogen) atoms. The number of fused-ring (bicyclic) bond motifs is 2. The summed E-state index contributed by atoms with van der Waals surface area (Å²) in [5.41, 5.74) is 1.97. The molecule has 2 aromatic rings. The lowest BCUT2D eigenvalue weighted by molar-refractivity contribution is -0.136. The monoisotopic (exact) mass is 364 g/mol. The third-order valence-corrected chi connectivity index (χ3v) is 5.77. The Kier molecular flexibility index (Phi) is 4.17. The van der Waals surface area contributed by atoms with Crippen molar-refractivity contribution in [3.63, 3.8) is 0 Å². The van der Waals surface area contributed by atoms with Crippen LogP contribution in [0.1, 0.15) is 37.4 Å². The predicted molar refractivity (Wildman–Crippen MR) is 104 cm³/mol. The topological polar surface area (TPSA) is 58.6 Å². The molecule has 0 aromatic heterocycles. The van der Waals surface area contributed by atoms with E-state index in [1.807, 2.05) is 67.3 Å². The van der Waals surface area contributed by atoms with Crippen molar-refractivity contribution >= 4 is 17.5 Å². The molecule has 1 N–H and O–H groups in total. The van der Waals surface area contributed by atoms with Crippen LogP contribution in [0.5, 0.6) is 5.75 Å². The van der Waals surface area contributed by atoms with Crippen LogP contribution in [0.2, 0.25) is 0 Å². The molecule has 2 aromatic carbocycles. The van der Waals surface area contributed by atoms with E-state index in [2.05, 4.69) is 5.32 Å². The SMILES string of the molecule is COc1cccc([C@@H]2N(C(=O)C(C)C)CC[C@]23C(=O)Nc2ccccc23)c1. The smallest absolute Gasteiger partial charge is 0.237 e. The highest BCUT2D eigenvalue weighted by Crippen LogP contribution is 2.55. The van der Waals surface area contributed by atoms with Crippen molar-refractivity contribution in [1.82, 2.24) is 4.90 Å². The van der Waals surface area contributed by atoms with Crippen LogP contribution in [0, 0.1) is 5.92 Å². The molecule has 0 saturated carbocycles. The fourth-order valence-electron chi connectivity index (χ4n) is 4.53. The summed E-state index contributed by atoms with van der Waals surface area (Å²) in [6.45, 7) is 4.36. The van der Waals surface area contributed by atoms with Gasteiger partial charge in [0.2, 0.25) is 11.8 Å². The van der Waals surface area contributed by atoms with Crippen LogP contribution in [-0.2, 0) is 15.0 Å². The van der Waals surface area contributed by atoms with Gasteiger partial charge in [-0.15, -0.1) is 0 Å². The predicted octanol–water partition coefficient (Wildman–Crippen LogP) is 3.51. The number of likely N-dealkylation sites (tertiary alicyclic amines) is 1. The summed E-state index contributed by atoms with van der Waals surface area (Å²) in [6.07, 6.45) is 0.607. The lowest BCUT2D eigenvalue weighted by atomic mass is 9.72. The van der Waals surface area contributed by atoms with Gasteiger partial charge in [-0.3, -0.25) is 9.59 Å². The Bertz CT molecular complexity index is 908. The van der Waals surface area contributed by atoms with E-state index in [9.17, 15) is 9.59 Å². The van der Waals surface area contributed by atoms with E-state index in [4.69, 9.17) is 4.74 Å². The highest BCUT2D eigenvalue weighted by molar-refractivity contribution is 6.07. The number of benzene rings is 2. The first-order valence-corrected chi connectivity index (χ1v) is 9.34. The van der Waals surface area contributed by atoms with E-state index in [0.717, 1.165) is 22.6 Å². The summed E-state index contributed by atoms with van der Waals surface area (Å²) in [5.74, 6) is 0.624. The molecule has 1 spiro atoms. The molecule has 1 saturated heterocycles. The van der Waals surface area contributed by atoms with Crippen LogP contribution in [0.3, 0.4) is 0 Å². The average Bonchev–Trinajstić information content (AvgIpc) is 3.21. The summed E-state index contributed by atoms with van der Waals surface area (Å²) in [4.78, 5) is 28.1. The van der Waals surface area contributed by atoms with Crippen molar-refractivity contribution in [3.05, 3.63) is 59.7 Å². The fraction of sp³-hybridized carbons (Fsp3) is 0.364. The maximum atomic E-state index is 13.3. The summed E-state index contributed by atoms with van der Waals surface area (Å²) in [7, 11) is 1.62. The first kappa shape index (κ1) is 17.6. The van der Waals surface area contributed by atoms with Gasteiger partial charge >= 0.3 is 0 Å². The van der Waals surface area contributed by atoms with Crippen LogP contribution in [-0.4, -0.2) is 30.4 Å². The van der Waals surface area contributed by atoms with Crippen LogP contribution < -0.4 is 10.1 Å². The summed E-state index contributed by atoms with van der Waals surface area (Å²) in [5, 5.41) is 3.04. The number of nitrogens with zero attached hydrogens (tertiary/aromatic N) is 1. The molecule has 2 aliphatic rings. The van der Waals surface area contributed by atoms with Gasteiger partial charge in [-0.2, -0.15) is 0 Å². The van der Waals surface area contributed by atoms with E-state index in [0.29, 0.717) is 13.0 Å². The van der Waals surface area contributed by atoms with Crippen LogP contribution in [0.25, 0.3) is 0 Å². The number of carbonyl (C=O) groups is 2. The molecule has 1 fully saturated rings. The molecule has 2 heterocycles. The fourth-order valence-corrected chi connectivity index (χ4v) is 4.53. The largest absolute Gasteiger partial charge is 0.497 e. The van der Waals surface area contributed by atoms with E-state index in [-0.39, 0.29) is 23.8 Å². The Morgan fingerprint density at radius 1 is 1.22 bits per heavy atom. The van der Waals surface area contributed by atoms with Gasteiger partial charge < -0.3 is 15.0 Å². The molecule has 5 heteroatoms. The number of nitrogens with one attached hydrogen (secondary N) is 1. The van der Waals surface area contributed by atoms with Gasteiger partial charge in [0.25, 0.3) is 0 Å². The van der Waals surface area contributed by atoms with Crippen molar-refractivity contribution in [1.29, 1.82) is 0 Å². The molecule has 5 nitrogen and oxygen atoms in total. The number of para-hydroxylation sites is 1. The van der Waals surface area contributed by atoms with Crippen molar-refractivity contribution in [2.75, 3.05) is 19.0 Å². The summed E-state index contributed by atoms with van der Waals surface area (Å²) < 4.78 is 5.40. The molecular weight excluding hydrogens is 340 g/mol. The van der Waals surface area contributed by atoms with Crippen LogP contribution >= 0.6 is 0 Å². The number of anilines is 1. The molecule has 0 aliphatic carbocycles. The number of carbonyl (C=O) groups excluding carboxylic acids is 2. The van der Waals surface area contributed by atoms with E-state index >= 15 is 0 Å². The van der Waals surface area contributed by atoms with Crippen molar-refractivity contribution in [3.8, 4) is 5.75 Å². The van der Waals surface area contributed by atoms with E-state index in [1.54, 1.807) is 7.11 Å². The van der Waals surface area contributed by atoms with Crippen molar-refractivity contribution in [2.24, 2.45) is 5.92 Å². The zero-order chi connectivity index (χ0) is 19.2. The van der Waals surface area contributed by atoms with Gasteiger partial charge in [0, 0.05) is 18.2 Å². The zero-order valence-corrected chi connectivity index (χ0v) is 15.9. The quantitative estimate of drug-likeness (QED) is 0.907. The number of rotatable bonds is 3. The average molecular weight is 364 g/mol. The third kappa shape index (κ3) is 2.52. The Balaban J connectivity index is 1.91. The Hall–Kier alpha value is -2.82. The van der Waals surface area contributed by atoms with Crippen molar-refractivity contribution < 1.29 is 14.3 Å². The highest BCUT2D eigenvalue weighted by Gasteiger charge is 2.59. The second-order valence-corrected chi connectivity index (χ2v) is 7.59. The number of hydrogen-bond donors (Lipinski definition) is 1.